The molecule has 0 N–H and O–H groups in total. The first-order chi connectivity index (χ1) is 8.56. The Morgan fingerprint density at radius 3 is 2.50 bits per heavy atom. The molecular formula is C16H23NO. The number of piperidine rings is 1. The van der Waals surface area contributed by atoms with Gasteiger partial charge in [0.25, 0.3) is 0 Å². The van der Waals surface area contributed by atoms with E-state index in [9.17, 15) is 4.79 Å². The molecule has 2 nitrogen and oxygen atoms in total. The summed E-state index contributed by atoms with van der Waals surface area (Å²) in [4.78, 5) is 13.9. The highest BCUT2D eigenvalue weighted by atomic mass is 16.1. The summed E-state index contributed by atoms with van der Waals surface area (Å²) in [6.07, 6.45) is 0.714. The highest BCUT2D eigenvalue weighted by molar-refractivity contribution is 5.81. The second-order valence-corrected chi connectivity index (χ2v) is 5.75. The van der Waals surface area contributed by atoms with Crippen molar-refractivity contribution in [3.8, 4) is 0 Å². The third-order valence-electron chi connectivity index (χ3n) is 3.81. The summed E-state index contributed by atoms with van der Waals surface area (Å²) in [5, 5.41) is 0. The smallest absolute Gasteiger partial charge is 0.138 e. The third kappa shape index (κ3) is 3.20. The molecule has 2 heteroatoms. The number of nitrogens with zero attached hydrogens (tertiary/aromatic N) is 1. The van der Waals surface area contributed by atoms with Gasteiger partial charge in [0.05, 0.1) is 0 Å². The zero-order valence-corrected chi connectivity index (χ0v) is 11.6. The molecule has 2 rings (SSSR count). The van der Waals surface area contributed by atoms with E-state index in [-0.39, 0.29) is 5.92 Å². The van der Waals surface area contributed by atoms with Crippen LogP contribution in [0.15, 0.2) is 24.3 Å². The molecule has 0 aliphatic carbocycles. The molecule has 1 aliphatic rings. The van der Waals surface area contributed by atoms with Crippen molar-refractivity contribution in [2.45, 2.75) is 39.7 Å². The van der Waals surface area contributed by atoms with Crippen LogP contribution in [0.5, 0.6) is 0 Å². The fraction of sp³-hybridized carbons (Fsp3) is 0.562. The maximum absolute atomic E-state index is 11.5. The minimum atomic E-state index is 0.202. The molecular weight excluding hydrogens is 222 g/mol. The largest absolute Gasteiger partial charge is 0.299 e. The van der Waals surface area contributed by atoms with Crippen LogP contribution in [0.4, 0.5) is 0 Å². The average Bonchev–Trinajstić information content (AvgIpc) is 2.34. The van der Waals surface area contributed by atoms with Crippen LogP contribution in [-0.4, -0.2) is 23.8 Å². The predicted octanol–water partition coefficient (Wildman–Crippen LogP) is 3.22. The van der Waals surface area contributed by atoms with Crippen molar-refractivity contribution < 1.29 is 4.79 Å². The van der Waals surface area contributed by atoms with Crippen molar-refractivity contribution in [1.82, 2.24) is 4.90 Å². The van der Waals surface area contributed by atoms with Gasteiger partial charge in [0.1, 0.15) is 5.78 Å². The van der Waals surface area contributed by atoms with Gasteiger partial charge in [-0.1, -0.05) is 45.0 Å². The van der Waals surface area contributed by atoms with E-state index in [4.69, 9.17) is 0 Å². The molecule has 0 aromatic heterocycles. The summed E-state index contributed by atoms with van der Waals surface area (Å²) in [5.41, 5.74) is 2.74. The molecule has 98 valence electrons. The molecule has 1 fully saturated rings. The number of carbonyl (C=O) groups excluding carboxylic acids is 1. The topological polar surface area (TPSA) is 20.3 Å². The summed E-state index contributed by atoms with van der Waals surface area (Å²) in [6.45, 7) is 9.26. The average molecular weight is 245 g/mol. The quantitative estimate of drug-likeness (QED) is 0.815. The van der Waals surface area contributed by atoms with Crippen LogP contribution >= 0.6 is 0 Å². The number of likely N-dealkylation sites (tertiary alicyclic amines) is 1. The van der Waals surface area contributed by atoms with Gasteiger partial charge in [-0.15, -0.1) is 0 Å². The molecule has 1 aliphatic heterocycles. The normalized spacial score (nSPS) is 21.6. The highest BCUT2D eigenvalue weighted by Crippen LogP contribution is 2.18. The van der Waals surface area contributed by atoms with Crippen molar-refractivity contribution in [3.63, 3.8) is 0 Å². The van der Waals surface area contributed by atoms with Gasteiger partial charge in [-0.3, -0.25) is 9.69 Å². The lowest BCUT2D eigenvalue weighted by Crippen LogP contribution is -2.38. The Morgan fingerprint density at radius 1 is 1.28 bits per heavy atom. The van der Waals surface area contributed by atoms with Gasteiger partial charge >= 0.3 is 0 Å². The van der Waals surface area contributed by atoms with Crippen molar-refractivity contribution in [1.29, 1.82) is 0 Å². The Balaban J connectivity index is 1.95. The van der Waals surface area contributed by atoms with Crippen LogP contribution in [0, 0.1) is 5.92 Å². The van der Waals surface area contributed by atoms with E-state index < -0.39 is 0 Å². The maximum atomic E-state index is 11.5. The Hall–Kier alpha value is -1.15. The summed E-state index contributed by atoms with van der Waals surface area (Å²) < 4.78 is 0. The van der Waals surface area contributed by atoms with Gasteiger partial charge < -0.3 is 0 Å². The summed E-state index contributed by atoms with van der Waals surface area (Å²) in [5.74, 6) is 1.21. The standard InChI is InChI=1S/C16H23NO/c1-12(2)15-6-4-14(5-7-15)11-17-9-8-16(18)13(3)10-17/h4-7,12-13H,8-11H2,1-3H3. The van der Waals surface area contributed by atoms with Crippen molar-refractivity contribution >= 4 is 5.78 Å². The van der Waals surface area contributed by atoms with Crippen LogP contribution in [0.1, 0.15) is 44.2 Å². The van der Waals surface area contributed by atoms with Crippen LogP contribution < -0.4 is 0 Å². The van der Waals surface area contributed by atoms with Gasteiger partial charge in [-0.05, 0) is 17.0 Å². The molecule has 18 heavy (non-hydrogen) atoms. The predicted molar refractivity (Wildman–Crippen MR) is 74.6 cm³/mol. The second kappa shape index (κ2) is 5.66. The molecule has 1 atom stereocenters. The van der Waals surface area contributed by atoms with Crippen LogP contribution in [0.2, 0.25) is 0 Å². The molecule has 1 saturated heterocycles. The molecule has 1 aromatic carbocycles. The number of carbonyl (C=O) groups is 1. The Morgan fingerprint density at radius 2 is 1.94 bits per heavy atom. The number of ketones is 1. The van der Waals surface area contributed by atoms with Crippen molar-refractivity contribution in [2.24, 2.45) is 5.92 Å². The zero-order valence-electron chi connectivity index (χ0n) is 11.6. The van der Waals surface area contributed by atoms with E-state index in [1.54, 1.807) is 0 Å². The lowest BCUT2D eigenvalue weighted by Gasteiger charge is -2.30. The van der Waals surface area contributed by atoms with Gasteiger partial charge in [0.2, 0.25) is 0 Å². The van der Waals surface area contributed by atoms with Crippen molar-refractivity contribution in [2.75, 3.05) is 13.1 Å². The van der Waals surface area contributed by atoms with Crippen LogP contribution in [0.25, 0.3) is 0 Å². The van der Waals surface area contributed by atoms with Gasteiger partial charge in [0.15, 0.2) is 0 Å². The minimum Gasteiger partial charge on any atom is -0.299 e. The minimum absolute atomic E-state index is 0.202. The van der Waals surface area contributed by atoms with E-state index in [2.05, 4.69) is 43.0 Å². The van der Waals surface area contributed by atoms with Gasteiger partial charge in [-0.25, -0.2) is 0 Å². The van der Waals surface area contributed by atoms with E-state index in [0.29, 0.717) is 18.1 Å². The van der Waals surface area contributed by atoms with Gasteiger partial charge in [-0.2, -0.15) is 0 Å². The molecule has 0 spiro atoms. The van der Waals surface area contributed by atoms with Gasteiger partial charge in [0, 0.05) is 32.0 Å². The molecule has 1 unspecified atom stereocenters. The first kappa shape index (κ1) is 13.3. The molecule has 0 amide bonds. The second-order valence-electron chi connectivity index (χ2n) is 5.75. The monoisotopic (exact) mass is 245 g/mol. The number of benzene rings is 1. The Bertz CT molecular complexity index is 408. The van der Waals surface area contributed by atoms with E-state index in [1.807, 2.05) is 6.92 Å². The number of rotatable bonds is 3. The lowest BCUT2D eigenvalue weighted by molar-refractivity contribution is -0.125. The number of Topliss-reactive ketones (excluding diaryl/α,β-unsaturated/α-hetero) is 1. The molecule has 0 radical (unpaired) electrons. The third-order valence-corrected chi connectivity index (χ3v) is 3.81. The fourth-order valence-electron chi connectivity index (χ4n) is 2.50. The molecule has 0 saturated carbocycles. The maximum Gasteiger partial charge on any atom is 0.138 e. The molecule has 1 aromatic rings. The summed E-state index contributed by atoms with van der Waals surface area (Å²) in [6, 6.07) is 8.88. The Labute approximate surface area is 110 Å². The summed E-state index contributed by atoms with van der Waals surface area (Å²) >= 11 is 0. The first-order valence-electron chi connectivity index (χ1n) is 6.90. The van der Waals surface area contributed by atoms with E-state index >= 15 is 0 Å². The van der Waals surface area contributed by atoms with E-state index in [1.165, 1.54) is 11.1 Å². The van der Waals surface area contributed by atoms with Crippen LogP contribution in [0.3, 0.4) is 0 Å². The highest BCUT2D eigenvalue weighted by Gasteiger charge is 2.23. The van der Waals surface area contributed by atoms with Crippen molar-refractivity contribution in [3.05, 3.63) is 35.4 Å². The van der Waals surface area contributed by atoms with E-state index in [0.717, 1.165) is 19.6 Å². The SMILES string of the molecule is CC1CN(Cc2ccc(C(C)C)cc2)CCC1=O. The molecule has 0 bridgehead atoms. The Kier molecular flexibility index (Phi) is 4.18. The number of hydrogen-bond donors (Lipinski definition) is 0. The molecule has 1 heterocycles. The fourth-order valence-corrected chi connectivity index (χ4v) is 2.50. The van der Waals surface area contributed by atoms with Crippen LogP contribution in [-0.2, 0) is 11.3 Å². The zero-order chi connectivity index (χ0) is 13.1. The summed E-state index contributed by atoms with van der Waals surface area (Å²) in [7, 11) is 0. The first-order valence-corrected chi connectivity index (χ1v) is 6.90. The lowest BCUT2D eigenvalue weighted by atomic mass is 9.97. The number of hydrogen-bond acceptors (Lipinski definition) is 2.